The Hall–Kier alpha value is -1.55. The lowest BCUT2D eigenvalue weighted by Crippen LogP contribution is -2.31. The molecule has 1 aliphatic heterocycles. The van der Waals surface area contributed by atoms with Crippen LogP contribution in [-0.2, 0) is 4.79 Å². The Morgan fingerprint density at radius 3 is 2.67 bits per heavy atom. The van der Waals surface area contributed by atoms with E-state index >= 15 is 0 Å². The van der Waals surface area contributed by atoms with E-state index in [-0.39, 0.29) is 6.04 Å². The van der Waals surface area contributed by atoms with E-state index < -0.39 is 12.0 Å². The van der Waals surface area contributed by atoms with Crippen LogP contribution in [0.25, 0.3) is 0 Å². The molecule has 0 spiro atoms. The molecule has 2 unspecified atom stereocenters. The molecule has 1 aromatic rings. The second-order valence-corrected chi connectivity index (χ2v) is 4.60. The molecular formula is C14H19NO3. The van der Waals surface area contributed by atoms with Crippen molar-refractivity contribution in [2.24, 2.45) is 0 Å². The average Bonchev–Trinajstić information content (AvgIpc) is 2.87. The van der Waals surface area contributed by atoms with Crippen LogP contribution in [0.4, 0.5) is 0 Å². The number of benzene rings is 1. The summed E-state index contributed by atoms with van der Waals surface area (Å²) in [7, 11) is 0. The number of carboxylic acids is 1. The minimum atomic E-state index is -0.764. The van der Waals surface area contributed by atoms with Gasteiger partial charge in [-0.15, -0.1) is 0 Å². The Labute approximate surface area is 107 Å². The summed E-state index contributed by atoms with van der Waals surface area (Å²) in [4.78, 5) is 10.9. The van der Waals surface area contributed by atoms with Gasteiger partial charge in [0.25, 0.3) is 0 Å². The summed E-state index contributed by atoms with van der Waals surface area (Å²) in [5.41, 5.74) is 1.13. The van der Waals surface area contributed by atoms with E-state index in [1.165, 1.54) is 0 Å². The highest BCUT2D eigenvalue weighted by molar-refractivity contribution is 5.73. The summed E-state index contributed by atoms with van der Waals surface area (Å²) >= 11 is 0. The van der Waals surface area contributed by atoms with Crippen LogP contribution in [-0.4, -0.2) is 23.7 Å². The molecule has 1 heterocycles. The second kappa shape index (κ2) is 5.87. The molecule has 4 heteroatoms. The van der Waals surface area contributed by atoms with Crippen molar-refractivity contribution in [3.63, 3.8) is 0 Å². The molecule has 0 aliphatic carbocycles. The molecule has 0 radical (unpaired) electrons. The van der Waals surface area contributed by atoms with E-state index in [1.807, 2.05) is 24.3 Å². The zero-order valence-corrected chi connectivity index (χ0v) is 10.6. The maximum Gasteiger partial charge on any atom is 0.320 e. The number of carbonyl (C=O) groups is 1. The van der Waals surface area contributed by atoms with E-state index in [0.717, 1.165) is 30.8 Å². The van der Waals surface area contributed by atoms with E-state index in [1.54, 1.807) is 0 Å². The van der Waals surface area contributed by atoms with Crippen LogP contribution < -0.4 is 10.1 Å². The highest BCUT2D eigenvalue weighted by atomic mass is 16.5. The molecule has 4 nitrogen and oxygen atoms in total. The molecule has 2 atom stereocenters. The number of nitrogens with one attached hydrogen (secondary N) is 1. The summed E-state index contributed by atoms with van der Waals surface area (Å²) in [5, 5.41) is 12.1. The maximum atomic E-state index is 10.9. The first-order valence-corrected chi connectivity index (χ1v) is 6.42. The molecule has 2 rings (SSSR count). The average molecular weight is 249 g/mol. The smallest absolute Gasteiger partial charge is 0.320 e. The molecule has 1 saturated heterocycles. The summed E-state index contributed by atoms with van der Waals surface area (Å²) in [6.45, 7) is 2.80. The largest absolute Gasteiger partial charge is 0.494 e. The van der Waals surface area contributed by atoms with Gasteiger partial charge in [-0.2, -0.15) is 0 Å². The molecule has 18 heavy (non-hydrogen) atoms. The summed E-state index contributed by atoms with van der Waals surface area (Å²) in [5.74, 6) is 0.105. The highest BCUT2D eigenvalue weighted by Crippen LogP contribution is 2.27. The van der Waals surface area contributed by atoms with Crippen LogP contribution in [0.15, 0.2) is 24.3 Å². The van der Waals surface area contributed by atoms with Crippen molar-refractivity contribution in [3.8, 4) is 5.75 Å². The first-order valence-electron chi connectivity index (χ1n) is 6.42. The number of hydrogen-bond donors (Lipinski definition) is 2. The molecule has 98 valence electrons. The minimum Gasteiger partial charge on any atom is -0.494 e. The summed E-state index contributed by atoms with van der Waals surface area (Å²) in [6.07, 6.45) is 2.55. The van der Waals surface area contributed by atoms with Gasteiger partial charge in [0.2, 0.25) is 0 Å². The first-order chi connectivity index (χ1) is 8.70. The van der Waals surface area contributed by atoms with Crippen LogP contribution in [0, 0.1) is 0 Å². The molecular weight excluding hydrogens is 230 g/mol. The monoisotopic (exact) mass is 249 g/mol. The lowest BCUT2D eigenvalue weighted by Gasteiger charge is -2.13. The van der Waals surface area contributed by atoms with Gasteiger partial charge in [0, 0.05) is 6.04 Å². The third-order valence-corrected chi connectivity index (χ3v) is 3.20. The number of aliphatic carboxylic acids is 1. The normalized spacial score (nSPS) is 22.9. The van der Waals surface area contributed by atoms with Gasteiger partial charge in [-0.05, 0) is 37.0 Å². The second-order valence-electron chi connectivity index (χ2n) is 4.60. The van der Waals surface area contributed by atoms with Crippen LogP contribution >= 0.6 is 0 Å². The Bertz CT molecular complexity index is 402. The third kappa shape index (κ3) is 3.01. The first kappa shape index (κ1) is 12.9. The Morgan fingerprint density at radius 1 is 1.39 bits per heavy atom. The van der Waals surface area contributed by atoms with Gasteiger partial charge in [0.1, 0.15) is 11.8 Å². The van der Waals surface area contributed by atoms with Crippen molar-refractivity contribution in [2.75, 3.05) is 6.61 Å². The van der Waals surface area contributed by atoms with Gasteiger partial charge in [-0.25, -0.2) is 0 Å². The SMILES string of the molecule is CCCOc1ccc(C2CCC(C(=O)O)N2)cc1. The fourth-order valence-electron chi connectivity index (χ4n) is 2.22. The molecule has 1 aliphatic rings. The predicted octanol–water partition coefficient (Wildman–Crippen LogP) is 2.35. The van der Waals surface area contributed by atoms with E-state index in [0.29, 0.717) is 6.42 Å². The lowest BCUT2D eigenvalue weighted by molar-refractivity contribution is -0.139. The van der Waals surface area contributed by atoms with Gasteiger partial charge in [0.05, 0.1) is 6.61 Å². The van der Waals surface area contributed by atoms with E-state index in [9.17, 15) is 4.79 Å². The van der Waals surface area contributed by atoms with Crippen molar-refractivity contribution < 1.29 is 14.6 Å². The van der Waals surface area contributed by atoms with Crippen LogP contribution in [0.3, 0.4) is 0 Å². The zero-order valence-electron chi connectivity index (χ0n) is 10.6. The van der Waals surface area contributed by atoms with Crippen molar-refractivity contribution in [1.82, 2.24) is 5.32 Å². The quantitative estimate of drug-likeness (QED) is 0.841. The molecule has 0 amide bonds. The Kier molecular flexibility index (Phi) is 4.20. The van der Waals surface area contributed by atoms with Crippen LogP contribution in [0.1, 0.15) is 37.8 Å². The van der Waals surface area contributed by atoms with Crippen molar-refractivity contribution >= 4 is 5.97 Å². The molecule has 0 aromatic heterocycles. The number of ether oxygens (including phenoxy) is 1. The van der Waals surface area contributed by atoms with Crippen LogP contribution in [0.2, 0.25) is 0 Å². The number of hydrogen-bond acceptors (Lipinski definition) is 3. The molecule has 1 aromatic carbocycles. The molecule has 0 bridgehead atoms. The van der Waals surface area contributed by atoms with Gasteiger partial charge >= 0.3 is 5.97 Å². The third-order valence-electron chi connectivity index (χ3n) is 3.20. The lowest BCUT2D eigenvalue weighted by atomic mass is 10.1. The topological polar surface area (TPSA) is 58.6 Å². The summed E-state index contributed by atoms with van der Waals surface area (Å²) < 4.78 is 5.52. The van der Waals surface area contributed by atoms with Crippen molar-refractivity contribution in [1.29, 1.82) is 0 Å². The highest BCUT2D eigenvalue weighted by Gasteiger charge is 2.29. The van der Waals surface area contributed by atoms with Crippen LogP contribution in [0.5, 0.6) is 5.75 Å². The van der Waals surface area contributed by atoms with Gasteiger partial charge in [-0.3, -0.25) is 10.1 Å². The molecule has 2 N–H and O–H groups in total. The fraction of sp³-hybridized carbons (Fsp3) is 0.500. The van der Waals surface area contributed by atoms with Gasteiger partial charge in [0.15, 0.2) is 0 Å². The fourth-order valence-corrected chi connectivity index (χ4v) is 2.22. The van der Waals surface area contributed by atoms with Crippen molar-refractivity contribution in [2.45, 2.75) is 38.3 Å². The standard InChI is InChI=1S/C14H19NO3/c1-2-9-18-11-5-3-10(4-6-11)12-7-8-13(15-12)14(16)17/h3-6,12-13,15H,2,7-9H2,1H3,(H,16,17). The number of rotatable bonds is 5. The number of carboxylic acid groups (broad SMARTS) is 1. The predicted molar refractivity (Wildman–Crippen MR) is 68.8 cm³/mol. The van der Waals surface area contributed by atoms with E-state index in [2.05, 4.69) is 12.2 Å². The molecule has 1 fully saturated rings. The van der Waals surface area contributed by atoms with Crippen molar-refractivity contribution in [3.05, 3.63) is 29.8 Å². The summed E-state index contributed by atoms with van der Waals surface area (Å²) in [6, 6.07) is 7.64. The van der Waals surface area contributed by atoms with Gasteiger partial charge in [-0.1, -0.05) is 19.1 Å². The molecule has 0 saturated carbocycles. The Balaban J connectivity index is 1.96. The maximum absolute atomic E-state index is 10.9. The minimum absolute atomic E-state index is 0.145. The zero-order chi connectivity index (χ0) is 13.0. The van der Waals surface area contributed by atoms with E-state index in [4.69, 9.17) is 9.84 Å². The van der Waals surface area contributed by atoms with Gasteiger partial charge < -0.3 is 9.84 Å². The Morgan fingerprint density at radius 2 is 2.11 bits per heavy atom.